The minimum atomic E-state index is -3.72. The lowest BCUT2D eigenvalue weighted by Crippen LogP contribution is -2.14. The van der Waals surface area contributed by atoms with E-state index in [1.807, 2.05) is 0 Å². The molecule has 0 saturated heterocycles. The van der Waals surface area contributed by atoms with Crippen molar-refractivity contribution in [2.45, 2.75) is 4.90 Å². The van der Waals surface area contributed by atoms with Crippen LogP contribution in [-0.4, -0.2) is 25.5 Å². The second kappa shape index (κ2) is 5.11. The number of ether oxygens (including phenoxy) is 1. The maximum absolute atomic E-state index is 12.1. The second-order valence-corrected chi connectivity index (χ2v) is 5.30. The number of methoxy groups -OCH3 is 1. The number of hydrogen-bond acceptors (Lipinski definition) is 6. The highest BCUT2D eigenvalue weighted by atomic mass is 32.2. The molecule has 1 aromatic heterocycles. The van der Waals surface area contributed by atoms with E-state index in [2.05, 4.69) is 14.7 Å². The van der Waals surface area contributed by atoms with E-state index in [0.29, 0.717) is 5.69 Å². The smallest absolute Gasteiger partial charge is 0.263 e. The van der Waals surface area contributed by atoms with Gasteiger partial charge in [0.2, 0.25) is 5.88 Å². The fourth-order valence-electron chi connectivity index (χ4n) is 1.34. The summed E-state index contributed by atoms with van der Waals surface area (Å²) in [4.78, 5) is 7.82. The Balaban J connectivity index is 2.28. The van der Waals surface area contributed by atoms with Crippen molar-refractivity contribution in [3.8, 4) is 5.88 Å². The number of hydrogen-bond donors (Lipinski definition) is 2. The number of nitrogens with zero attached hydrogens (tertiary/aromatic N) is 2. The molecule has 0 radical (unpaired) electrons. The molecule has 2 rings (SSSR count). The molecular weight excluding hydrogens is 268 g/mol. The first-order valence-corrected chi connectivity index (χ1v) is 6.74. The van der Waals surface area contributed by atoms with Crippen LogP contribution in [0.3, 0.4) is 0 Å². The highest BCUT2D eigenvalue weighted by Crippen LogP contribution is 2.16. The summed E-state index contributed by atoms with van der Waals surface area (Å²) in [5.41, 5.74) is 5.99. The molecule has 0 fully saturated rings. The molecule has 0 aliphatic rings. The van der Waals surface area contributed by atoms with Crippen molar-refractivity contribution >= 4 is 21.5 Å². The van der Waals surface area contributed by atoms with Crippen LogP contribution in [0.15, 0.2) is 41.6 Å². The van der Waals surface area contributed by atoms with Gasteiger partial charge >= 0.3 is 0 Å². The Hall–Kier alpha value is -2.35. The van der Waals surface area contributed by atoms with Gasteiger partial charge in [-0.2, -0.15) is 4.98 Å². The van der Waals surface area contributed by atoms with E-state index in [1.165, 1.54) is 43.8 Å². The minimum Gasteiger partial charge on any atom is -0.480 e. The predicted molar refractivity (Wildman–Crippen MR) is 70.2 cm³/mol. The van der Waals surface area contributed by atoms with Crippen LogP contribution in [-0.2, 0) is 10.0 Å². The van der Waals surface area contributed by atoms with E-state index >= 15 is 0 Å². The van der Waals surface area contributed by atoms with Crippen LogP contribution in [0, 0.1) is 0 Å². The Morgan fingerprint density at radius 2 is 1.89 bits per heavy atom. The first-order valence-electron chi connectivity index (χ1n) is 5.25. The molecule has 3 N–H and O–H groups in total. The van der Waals surface area contributed by atoms with Crippen molar-refractivity contribution in [3.05, 3.63) is 36.7 Å². The SMILES string of the molecule is COc1cncc(NS(=O)(=O)c2ccc(N)cc2)n1. The van der Waals surface area contributed by atoms with Crippen molar-refractivity contribution in [1.82, 2.24) is 9.97 Å². The molecule has 0 unspecified atom stereocenters. The van der Waals surface area contributed by atoms with Gasteiger partial charge in [0.25, 0.3) is 10.0 Å². The van der Waals surface area contributed by atoms with Gasteiger partial charge in [0.1, 0.15) is 0 Å². The second-order valence-electron chi connectivity index (χ2n) is 3.62. The van der Waals surface area contributed by atoms with Crippen LogP contribution >= 0.6 is 0 Å². The third kappa shape index (κ3) is 3.10. The molecule has 0 saturated carbocycles. The number of aromatic nitrogens is 2. The summed E-state index contributed by atoms with van der Waals surface area (Å²) in [5, 5.41) is 0. The van der Waals surface area contributed by atoms with Crippen LogP contribution in [0.2, 0.25) is 0 Å². The number of rotatable bonds is 4. The zero-order valence-electron chi connectivity index (χ0n) is 10.1. The van der Waals surface area contributed by atoms with E-state index in [0.717, 1.165) is 0 Å². The molecule has 8 heteroatoms. The molecule has 2 aromatic rings. The lowest BCUT2D eigenvalue weighted by Gasteiger charge is -2.07. The zero-order valence-corrected chi connectivity index (χ0v) is 10.9. The van der Waals surface area contributed by atoms with Gasteiger partial charge in [-0.25, -0.2) is 8.42 Å². The van der Waals surface area contributed by atoms with Gasteiger partial charge in [0.05, 0.1) is 24.4 Å². The van der Waals surface area contributed by atoms with Crippen LogP contribution in [0.25, 0.3) is 0 Å². The van der Waals surface area contributed by atoms with Gasteiger partial charge in [0.15, 0.2) is 5.82 Å². The standard InChI is InChI=1S/C11H12N4O3S/c1-18-11-7-13-6-10(14-11)15-19(16,17)9-4-2-8(12)3-5-9/h2-7H,12H2,1H3,(H,14,15). The van der Waals surface area contributed by atoms with Crippen molar-refractivity contribution in [1.29, 1.82) is 0 Å². The number of nitrogens with two attached hydrogens (primary N) is 1. The minimum absolute atomic E-state index is 0.0798. The fraction of sp³-hybridized carbons (Fsp3) is 0.0909. The highest BCUT2D eigenvalue weighted by molar-refractivity contribution is 7.92. The molecule has 1 heterocycles. The molecule has 100 valence electrons. The van der Waals surface area contributed by atoms with Crippen LogP contribution in [0.1, 0.15) is 0 Å². The third-order valence-electron chi connectivity index (χ3n) is 2.25. The van der Waals surface area contributed by atoms with Crippen LogP contribution in [0.4, 0.5) is 11.5 Å². The van der Waals surface area contributed by atoms with E-state index in [9.17, 15) is 8.42 Å². The molecule has 0 aliphatic heterocycles. The van der Waals surface area contributed by atoms with Gasteiger partial charge < -0.3 is 10.5 Å². The highest BCUT2D eigenvalue weighted by Gasteiger charge is 2.15. The molecule has 0 amide bonds. The third-order valence-corrected chi connectivity index (χ3v) is 3.62. The Morgan fingerprint density at radius 3 is 2.53 bits per heavy atom. The molecule has 0 bridgehead atoms. The first-order chi connectivity index (χ1) is 9.01. The van der Waals surface area contributed by atoms with E-state index < -0.39 is 10.0 Å². The Labute approximate surface area is 110 Å². The molecule has 19 heavy (non-hydrogen) atoms. The van der Waals surface area contributed by atoms with E-state index in [4.69, 9.17) is 10.5 Å². The van der Waals surface area contributed by atoms with Crippen molar-refractivity contribution in [3.63, 3.8) is 0 Å². The number of nitrogen functional groups attached to an aromatic ring is 1. The maximum atomic E-state index is 12.1. The molecular formula is C11H12N4O3S. The number of benzene rings is 1. The van der Waals surface area contributed by atoms with E-state index in [1.54, 1.807) is 0 Å². The molecule has 0 atom stereocenters. The Morgan fingerprint density at radius 1 is 1.21 bits per heavy atom. The Kier molecular flexibility index (Phi) is 3.52. The number of anilines is 2. The lowest BCUT2D eigenvalue weighted by molar-refractivity contribution is 0.396. The number of nitrogens with one attached hydrogen (secondary N) is 1. The van der Waals surface area contributed by atoms with Gasteiger partial charge in [-0.15, -0.1) is 0 Å². The molecule has 7 nitrogen and oxygen atoms in total. The summed E-state index contributed by atoms with van der Waals surface area (Å²) in [5.74, 6) is 0.300. The summed E-state index contributed by atoms with van der Waals surface area (Å²) in [6.45, 7) is 0. The van der Waals surface area contributed by atoms with E-state index in [-0.39, 0.29) is 16.6 Å². The average molecular weight is 280 g/mol. The van der Waals surface area contributed by atoms with Gasteiger partial charge in [-0.05, 0) is 24.3 Å². The normalized spacial score (nSPS) is 11.0. The lowest BCUT2D eigenvalue weighted by atomic mass is 10.3. The monoisotopic (exact) mass is 280 g/mol. The summed E-state index contributed by atoms with van der Waals surface area (Å²) >= 11 is 0. The number of sulfonamides is 1. The fourth-order valence-corrected chi connectivity index (χ4v) is 2.33. The molecule has 0 spiro atoms. The zero-order chi connectivity index (χ0) is 13.9. The topological polar surface area (TPSA) is 107 Å². The summed E-state index contributed by atoms with van der Waals surface area (Å²) < 4.78 is 31.3. The summed E-state index contributed by atoms with van der Waals surface area (Å²) in [6, 6.07) is 5.83. The van der Waals surface area contributed by atoms with Crippen molar-refractivity contribution < 1.29 is 13.2 Å². The van der Waals surface area contributed by atoms with Gasteiger partial charge in [-0.3, -0.25) is 9.71 Å². The van der Waals surface area contributed by atoms with Crippen LogP contribution < -0.4 is 15.2 Å². The predicted octanol–water partition coefficient (Wildman–Crippen LogP) is 0.868. The molecule has 1 aromatic carbocycles. The van der Waals surface area contributed by atoms with Crippen molar-refractivity contribution in [2.75, 3.05) is 17.6 Å². The summed E-state index contributed by atoms with van der Waals surface area (Å²) in [7, 11) is -2.30. The quantitative estimate of drug-likeness (QED) is 0.805. The maximum Gasteiger partial charge on any atom is 0.263 e. The Bertz CT molecular complexity index is 671. The van der Waals surface area contributed by atoms with Crippen LogP contribution in [0.5, 0.6) is 5.88 Å². The summed E-state index contributed by atoms with van der Waals surface area (Å²) in [6.07, 6.45) is 2.67. The largest absolute Gasteiger partial charge is 0.480 e. The van der Waals surface area contributed by atoms with Gasteiger partial charge in [0, 0.05) is 5.69 Å². The van der Waals surface area contributed by atoms with Crippen molar-refractivity contribution in [2.24, 2.45) is 0 Å². The first kappa shape index (κ1) is 13.1. The average Bonchev–Trinajstić information content (AvgIpc) is 2.39. The molecule has 0 aliphatic carbocycles. The van der Waals surface area contributed by atoms with Gasteiger partial charge in [-0.1, -0.05) is 0 Å².